The highest BCUT2D eigenvalue weighted by Crippen LogP contribution is 2.28. The Morgan fingerprint density at radius 3 is 2.50 bits per heavy atom. The van der Waals surface area contributed by atoms with Gasteiger partial charge in [-0.15, -0.1) is 11.3 Å². The monoisotopic (exact) mass is 440 g/mol. The Balaban J connectivity index is 1.99. The van der Waals surface area contributed by atoms with Crippen molar-refractivity contribution in [2.75, 3.05) is 38.2 Å². The van der Waals surface area contributed by atoms with Gasteiger partial charge in [-0.05, 0) is 30.6 Å². The maximum Gasteiger partial charge on any atom is 0.312 e. The lowest BCUT2D eigenvalue weighted by atomic mass is 10.2. The standard InChI is InChI=1S/C14H21ClN4O4S3/c1-24-9-4-10(17-14(16)21)13(20)18-5-7-19(8-6-18)26(22,23)12-3-2-11(15)25-12/h2-3,10H,4-9H2,1H3,(H3,16,17,21). The minimum absolute atomic E-state index is 0.190. The topological polar surface area (TPSA) is 113 Å². The summed E-state index contributed by atoms with van der Waals surface area (Å²) in [6, 6.07) is 1.58. The van der Waals surface area contributed by atoms with Crippen LogP contribution in [0.2, 0.25) is 4.34 Å². The molecule has 1 atom stereocenters. The van der Waals surface area contributed by atoms with Gasteiger partial charge in [0.1, 0.15) is 10.3 Å². The number of thiophene rings is 1. The van der Waals surface area contributed by atoms with E-state index in [-0.39, 0.29) is 36.3 Å². The van der Waals surface area contributed by atoms with E-state index in [0.29, 0.717) is 16.5 Å². The van der Waals surface area contributed by atoms with Gasteiger partial charge in [-0.2, -0.15) is 16.1 Å². The molecule has 8 nitrogen and oxygen atoms in total. The molecule has 0 spiro atoms. The number of sulfonamides is 1. The van der Waals surface area contributed by atoms with Crippen LogP contribution < -0.4 is 11.1 Å². The van der Waals surface area contributed by atoms with Crippen LogP contribution in [0.25, 0.3) is 0 Å². The summed E-state index contributed by atoms with van der Waals surface area (Å²) < 4.78 is 27.1. The molecule has 146 valence electrons. The number of urea groups is 1. The summed E-state index contributed by atoms with van der Waals surface area (Å²) in [5.41, 5.74) is 5.15. The van der Waals surface area contributed by atoms with Crippen LogP contribution in [0.5, 0.6) is 0 Å². The van der Waals surface area contributed by atoms with Crippen LogP contribution in [0.1, 0.15) is 6.42 Å². The van der Waals surface area contributed by atoms with E-state index in [4.69, 9.17) is 17.3 Å². The van der Waals surface area contributed by atoms with Gasteiger partial charge >= 0.3 is 6.03 Å². The minimum Gasteiger partial charge on any atom is -0.352 e. The van der Waals surface area contributed by atoms with Gasteiger partial charge < -0.3 is 16.0 Å². The van der Waals surface area contributed by atoms with Crippen LogP contribution in [0.4, 0.5) is 4.79 Å². The lowest BCUT2D eigenvalue weighted by Gasteiger charge is -2.35. The summed E-state index contributed by atoms with van der Waals surface area (Å²) in [7, 11) is -3.61. The fourth-order valence-electron chi connectivity index (χ4n) is 2.60. The molecule has 3 N–H and O–H groups in total. The third-order valence-corrected chi connectivity index (χ3v) is 8.16. The number of nitrogens with zero attached hydrogens (tertiary/aromatic N) is 2. The maximum atomic E-state index is 12.6. The molecule has 0 aliphatic carbocycles. The second-order valence-corrected chi connectivity index (χ2v) is 10.5. The molecule has 1 fully saturated rings. The van der Waals surface area contributed by atoms with E-state index < -0.39 is 22.1 Å². The predicted octanol–water partition coefficient (Wildman–Crippen LogP) is 1.02. The van der Waals surface area contributed by atoms with Crippen LogP contribution in [-0.2, 0) is 14.8 Å². The van der Waals surface area contributed by atoms with Gasteiger partial charge in [0.2, 0.25) is 5.91 Å². The fraction of sp³-hybridized carbons (Fsp3) is 0.571. The Hall–Kier alpha value is -1.01. The van der Waals surface area contributed by atoms with Crippen LogP contribution in [-0.4, -0.2) is 73.8 Å². The molecule has 26 heavy (non-hydrogen) atoms. The fourth-order valence-corrected chi connectivity index (χ4v) is 6.13. The number of hydrogen-bond donors (Lipinski definition) is 2. The Bertz CT molecular complexity index is 747. The summed E-state index contributed by atoms with van der Waals surface area (Å²) in [5.74, 6) is 0.457. The Kier molecular flexibility index (Phi) is 7.59. The Morgan fingerprint density at radius 1 is 1.35 bits per heavy atom. The Labute approximate surface area is 166 Å². The van der Waals surface area contributed by atoms with Crippen molar-refractivity contribution in [3.8, 4) is 0 Å². The van der Waals surface area contributed by atoms with E-state index in [0.717, 1.165) is 11.3 Å². The molecular weight excluding hydrogens is 420 g/mol. The molecule has 2 heterocycles. The van der Waals surface area contributed by atoms with Crippen molar-refractivity contribution < 1.29 is 18.0 Å². The zero-order chi connectivity index (χ0) is 19.3. The smallest absolute Gasteiger partial charge is 0.312 e. The van der Waals surface area contributed by atoms with Crippen molar-refractivity contribution >= 4 is 56.7 Å². The number of nitrogens with one attached hydrogen (secondary N) is 1. The first-order valence-electron chi connectivity index (χ1n) is 7.85. The van der Waals surface area contributed by atoms with Crippen molar-refractivity contribution in [2.24, 2.45) is 5.73 Å². The number of rotatable bonds is 7. The number of nitrogens with two attached hydrogens (primary N) is 1. The second kappa shape index (κ2) is 9.27. The molecular formula is C14H21ClN4O4S3. The highest BCUT2D eigenvalue weighted by molar-refractivity contribution is 7.98. The van der Waals surface area contributed by atoms with Crippen molar-refractivity contribution in [3.05, 3.63) is 16.5 Å². The molecule has 3 amide bonds. The number of amides is 3. The number of hydrogen-bond acceptors (Lipinski definition) is 6. The van der Waals surface area contributed by atoms with Gasteiger partial charge in [0.15, 0.2) is 0 Å². The van der Waals surface area contributed by atoms with E-state index in [1.807, 2.05) is 6.26 Å². The summed E-state index contributed by atoms with van der Waals surface area (Å²) >= 11 is 8.40. The first-order valence-corrected chi connectivity index (χ1v) is 11.9. The van der Waals surface area contributed by atoms with Crippen molar-refractivity contribution in [1.29, 1.82) is 0 Å². The Morgan fingerprint density at radius 2 is 2.00 bits per heavy atom. The number of piperazine rings is 1. The van der Waals surface area contributed by atoms with Gasteiger partial charge in [-0.3, -0.25) is 4.79 Å². The van der Waals surface area contributed by atoms with Crippen molar-refractivity contribution in [2.45, 2.75) is 16.7 Å². The quantitative estimate of drug-likeness (QED) is 0.657. The van der Waals surface area contributed by atoms with Gasteiger partial charge in [0, 0.05) is 26.2 Å². The van der Waals surface area contributed by atoms with E-state index in [1.165, 1.54) is 10.4 Å². The third-order valence-electron chi connectivity index (χ3n) is 3.92. The molecule has 1 aliphatic rings. The van der Waals surface area contributed by atoms with Crippen LogP contribution >= 0.6 is 34.7 Å². The van der Waals surface area contributed by atoms with E-state index in [1.54, 1.807) is 22.7 Å². The van der Waals surface area contributed by atoms with Crippen LogP contribution in [0.3, 0.4) is 0 Å². The highest BCUT2D eigenvalue weighted by atomic mass is 35.5. The number of halogens is 1. The third kappa shape index (κ3) is 5.26. The molecule has 0 bridgehead atoms. The first kappa shape index (κ1) is 21.3. The van der Waals surface area contributed by atoms with Crippen molar-refractivity contribution in [3.63, 3.8) is 0 Å². The predicted molar refractivity (Wildman–Crippen MR) is 104 cm³/mol. The lowest BCUT2D eigenvalue weighted by molar-refractivity contribution is -0.134. The molecule has 1 aromatic rings. The minimum atomic E-state index is -3.61. The molecule has 12 heteroatoms. The zero-order valence-electron chi connectivity index (χ0n) is 14.2. The van der Waals surface area contributed by atoms with E-state index >= 15 is 0 Å². The van der Waals surface area contributed by atoms with Gasteiger partial charge in [0.05, 0.1) is 4.34 Å². The lowest BCUT2D eigenvalue weighted by Crippen LogP contribution is -2.56. The van der Waals surface area contributed by atoms with Gasteiger partial charge in [0.25, 0.3) is 10.0 Å². The molecule has 1 saturated heterocycles. The summed E-state index contributed by atoms with van der Waals surface area (Å²) in [6.45, 7) is 0.894. The second-order valence-electron chi connectivity index (χ2n) is 5.63. The highest BCUT2D eigenvalue weighted by Gasteiger charge is 2.33. The van der Waals surface area contributed by atoms with E-state index in [9.17, 15) is 18.0 Å². The molecule has 0 aromatic carbocycles. The molecule has 1 unspecified atom stereocenters. The van der Waals surface area contributed by atoms with Crippen LogP contribution in [0, 0.1) is 0 Å². The van der Waals surface area contributed by atoms with Crippen LogP contribution in [0.15, 0.2) is 16.3 Å². The molecule has 0 radical (unpaired) electrons. The van der Waals surface area contributed by atoms with E-state index in [2.05, 4.69) is 5.32 Å². The number of carbonyl (C=O) groups is 2. The average molecular weight is 441 g/mol. The molecule has 1 aliphatic heterocycles. The maximum absolute atomic E-state index is 12.6. The molecule has 2 rings (SSSR count). The first-order chi connectivity index (χ1) is 12.3. The molecule has 1 aromatic heterocycles. The number of carbonyl (C=O) groups excluding carboxylic acids is 2. The zero-order valence-corrected chi connectivity index (χ0v) is 17.4. The number of primary amides is 1. The number of thioether (sulfide) groups is 1. The van der Waals surface area contributed by atoms with Crippen molar-refractivity contribution in [1.82, 2.24) is 14.5 Å². The average Bonchev–Trinajstić information content (AvgIpc) is 3.05. The summed E-state index contributed by atoms with van der Waals surface area (Å²) in [5, 5.41) is 2.47. The SMILES string of the molecule is CSCCC(NC(N)=O)C(=O)N1CCN(S(=O)(=O)c2ccc(Cl)s2)CC1. The summed E-state index contributed by atoms with van der Waals surface area (Å²) in [6.07, 6.45) is 2.38. The summed E-state index contributed by atoms with van der Waals surface area (Å²) in [4.78, 5) is 25.3. The van der Waals surface area contributed by atoms with Gasteiger partial charge in [-0.25, -0.2) is 13.2 Å². The van der Waals surface area contributed by atoms with Gasteiger partial charge in [-0.1, -0.05) is 11.6 Å². The largest absolute Gasteiger partial charge is 0.352 e. The molecule has 0 saturated carbocycles. The normalized spacial score (nSPS) is 17.1.